The zero-order valence-corrected chi connectivity index (χ0v) is 12.7. The summed E-state index contributed by atoms with van der Waals surface area (Å²) in [4.78, 5) is 28.5. The van der Waals surface area contributed by atoms with Gasteiger partial charge in [-0.1, -0.05) is 0 Å². The quantitative estimate of drug-likeness (QED) is 0.764. The largest absolute Gasteiger partial charge is 0.465 e. The van der Waals surface area contributed by atoms with Crippen LogP contribution in [0.1, 0.15) is 17.4 Å². The molecule has 2 rings (SSSR count). The molecule has 110 valence electrons. The average molecular weight is 296 g/mol. The first-order valence-electron chi connectivity index (χ1n) is 6.77. The Bertz CT molecular complexity index is 487. The molecule has 1 aromatic heterocycles. The Morgan fingerprint density at radius 3 is 3.00 bits per heavy atom. The minimum Gasteiger partial charge on any atom is -0.465 e. The Labute approximate surface area is 123 Å². The second-order valence-corrected chi connectivity index (χ2v) is 5.91. The Hall–Kier alpha value is -1.40. The van der Waals surface area contributed by atoms with Crippen LogP contribution in [0.3, 0.4) is 0 Å². The van der Waals surface area contributed by atoms with Crippen LogP contribution in [0, 0.1) is 0 Å². The Morgan fingerprint density at radius 1 is 1.45 bits per heavy atom. The molecule has 0 radical (unpaired) electrons. The minimum atomic E-state index is -0.290. The van der Waals surface area contributed by atoms with E-state index in [9.17, 15) is 9.59 Å². The summed E-state index contributed by atoms with van der Waals surface area (Å²) >= 11 is 1.76. The van der Waals surface area contributed by atoms with E-state index in [0.717, 1.165) is 13.0 Å². The number of carbonyl (C=O) groups excluding carboxylic acids is 2. The molecule has 0 atom stereocenters. The number of carbonyl (C=O) groups is 2. The van der Waals surface area contributed by atoms with Gasteiger partial charge in [0.25, 0.3) is 0 Å². The van der Waals surface area contributed by atoms with Gasteiger partial charge in [-0.2, -0.15) is 0 Å². The molecule has 20 heavy (non-hydrogen) atoms. The lowest BCUT2D eigenvalue weighted by Gasteiger charge is -2.28. The molecule has 1 amide bonds. The van der Waals surface area contributed by atoms with Crippen molar-refractivity contribution in [3.63, 3.8) is 0 Å². The normalized spacial score (nSPS) is 14.2. The van der Waals surface area contributed by atoms with Crippen LogP contribution in [0.15, 0.2) is 11.4 Å². The van der Waals surface area contributed by atoms with Crippen molar-refractivity contribution < 1.29 is 14.3 Å². The fourth-order valence-corrected chi connectivity index (χ4v) is 3.16. The van der Waals surface area contributed by atoms with E-state index in [1.54, 1.807) is 30.2 Å². The monoisotopic (exact) mass is 296 g/mol. The number of hydrogen-bond donors (Lipinski definition) is 0. The molecule has 0 spiro atoms. The molecule has 0 fully saturated rings. The minimum absolute atomic E-state index is 0.0636. The maximum atomic E-state index is 12.2. The summed E-state index contributed by atoms with van der Waals surface area (Å²) in [7, 11) is 1.76. The Morgan fingerprint density at radius 2 is 2.25 bits per heavy atom. The molecular weight excluding hydrogens is 276 g/mol. The lowest BCUT2D eigenvalue weighted by molar-refractivity contribution is -0.144. The van der Waals surface area contributed by atoms with Gasteiger partial charge in [-0.25, -0.2) is 0 Å². The molecule has 5 nitrogen and oxygen atoms in total. The standard InChI is InChI=1S/C14H20N2O3S/c1-3-19-14(18)10-15(2)9-13(17)16-6-4-12-11(8-16)5-7-20-12/h5,7H,3-4,6,8-10H2,1-2H3. The van der Waals surface area contributed by atoms with Gasteiger partial charge in [-0.3, -0.25) is 14.5 Å². The molecule has 1 aromatic rings. The predicted octanol–water partition coefficient (Wildman–Crippen LogP) is 1.13. The van der Waals surface area contributed by atoms with E-state index >= 15 is 0 Å². The van der Waals surface area contributed by atoms with Gasteiger partial charge in [0.1, 0.15) is 0 Å². The molecule has 1 aliphatic rings. The van der Waals surface area contributed by atoms with Gasteiger partial charge >= 0.3 is 5.97 Å². The zero-order valence-electron chi connectivity index (χ0n) is 11.9. The van der Waals surface area contributed by atoms with E-state index in [-0.39, 0.29) is 25.0 Å². The number of rotatable bonds is 5. The van der Waals surface area contributed by atoms with Crippen LogP contribution in [0.2, 0.25) is 0 Å². The highest BCUT2D eigenvalue weighted by Gasteiger charge is 2.22. The summed E-state index contributed by atoms with van der Waals surface area (Å²) in [6, 6.07) is 2.09. The van der Waals surface area contributed by atoms with Crippen LogP contribution in [0.4, 0.5) is 0 Å². The molecule has 0 aliphatic carbocycles. The molecule has 0 unspecified atom stereocenters. The second-order valence-electron chi connectivity index (χ2n) is 4.91. The first-order valence-corrected chi connectivity index (χ1v) is 7.65. The second kappa shape index (κ2) is 6.85. The Kier molecular flexibility index (Phi) is 5.14. The number of likely N-dealkylation sites (N-methyl/N-ethyl adjacent to an activating group) is 1. The number of esters is 1. The van der Waals surface area contributed by atoms with E-state index in [0.29, 0.717) is 13.2 Å². The van der Waals surface area contributed by atoms with E-state index in [1.807, 2.05) is 4.90 Å². The summed E-state index contributed by atoms with van der Waals surface area (Å²) in [6.45, 7) is 3.99. The summed E-state index contributed by atoms with van der Waals surface area (Å²) < 4.78 is 4.87. The summed E-state index contributed by atoms with van der Waals surface area (Å²) in [5.74, 6) is -0.227. The number of fused-ring (bicyclic) bond motifs is 1. The molecule has 2 heterocycles. The van der Waals surface area contributed by atoms with Crippen LogP contribution in [-0.2, 0) is 27.3 Å². The van der Waals surface area contributed by atoms with Gasteiger partial charge in [0.05, 0.1) is 19.7 Å². The van der Waals surface area contributed by atoms with E-state index in [1.165, 1.54) is 10.4 Å². The molecule has 0 bridgehead atoms. The third-order valence-corrected chi connectivity index (χ3v) is 4.29. The van der Waals surface area contributed by atoms with Crippen molar-refractivity contribution in [1.29, 1.82) is 0 Å². The molecule has 1 aliphatic heterocycles. The highest BCUT2D eigenvalue weighted by Crippen LogP contribution is 2.23. The maximum Gasteiger partial charge on any atom is 0.320 e. The van der Waals surface area contributed by atoms with Gasteiger partial charge in [-0.05, 0) is 37.4 Å². The van der Waals surface area contributed by atoms with Crippen molar-refractivity contribution in [3.05, 3.63) is 21.9 Å². The maximum absolute atomic E-state index is 12.2. The summed E-state index contributed by atoms with van der Waals surface area (Å²) in [5, 5.41) is 2.07. The van der Waals surface area contributed by atoms with Crippen molar-refractivity contribution in [2.45, 2.75) is 19.9 Å². The number of thiophene rings is 1. The van der Waals surface area contributed by atoms with Crippen LogP contribution >= 0.6 is 11.3 Å². The third kappa shape index (κ3) is 3.80. The number of amides is 1. The highest BCUT2D eigenvalue weighted by atomic mass is 32.1. The molecular formula is C14H20N2O3S. The van der Waals surface area contributed by atoms with Gasteiger partial charge in [0.2, 0.25) is 5.91 Å². The fraction of sp³-hybridized carbons (Fsp3) is 0.571. The topological polar surface area (TPSA) is 49.9 Å². The lowest BCUT2D eigenvalue weighted by Crippen LogP contribution is -2.42. The third-order valence-electron chi connectivity index (χ3n) is 3.27. The van der Waals surface area contributed by atoms with Gasteiger partial charge in [-0.15, -0.1) is 11.3 Å². The summed E-state index contributed by atoms with van der Waals surface area (Å²) in [6.07, 6.45) is 0.931. The number of hydrogen-bond acceptors (Lipinski definition) is 5. The molecule has 0 N–H and O–H groups in total. The molecule has 0 aromatic carbocycles. The zero-order chi connectivity index (χ0) is 14.5. The van der Waals surface area contributed by atoms with E-state index in [4.69, 9.17) is 4.74 Å². The molecule has 0 saturated heterocycles. The number of nitrogens with zero attached hydrogens (tertiary/aromatic N) is 2. The molecule has 0 saturated carbocycles. The van der Waals surface area contributed by atoms with Crippen molar-refractivity contribution >= 4 is 23.2 Å². The van der Waals surface area contributed by atoms with Crippen molar-refractivity contribution in [1.82, 2.24) is 9.80 Å². The summed E-state index contributed by atoms with van der Waals surface area (Å²) in [5.41, 5.74) is 1.25. The van der Waals surface area contributed by atoms with Crippen LogP contribution < -0.4 is 0 Å². The molecule has 6 heteroatoms. The van der Waals surface area contributed by atoms with Gasteiger partial charge in [0, 0.05) is 18.0 Å². The Balaban J connectivity index is 1.82. The van der Waals surface area contributed by atoms with Gasteiger partial charge in [0.15, 0.2) is 0 Å². The first-order chi connectivity index (χ1) is 9.60. The van der Waals surface area contributed by atoms with Crippen LogP contribution in [-0.4, -0.2) is 55.0 Å². The van der Waals surface area contributed by atoms with Crippen LogP contribution in [0.5, 0.6) is 0 Å². The smallest absolute Gasteiger partial charge is 0.320 e. The van der Waals surface area contributed by atoms with Crippen molar-refractivity contribution in [3.8, 4) is 0 Å². The van der Waals surface area contributed by atoms with Crippen molar-refractivity contribution in [2.75, 3.05) is 33.3 Å². The van der Waals surface area contributed by atoms with Crippen molar-refractivity contribution in [2.24, 2.45) is 0 Å². The fourth-order valence-electron chi connectivity index (χ4n) is 2.28. The lowest BCUT2D eigenvalue weighted by atomic mass is 10.1. The average Bonchev–Trinajstić information content (AvgIpc) is 2.85. The number of ether oxygens (including phenoxy) is 1. The van der Waals surface area contributed by atoms with Crippen LogP contribution in [0.25, 0.3) is 0 Å². The van der Waals surface area contributed by atoms with Gasteiger partial charge < -0.3 is 9.64 Å². The first kappa shape index (κ1) is 15.0. The van der Waals surface area contributed by atoms with E-state index in [2.05, 4.69) is 11.4 Å². The predicted molar refractivity (Wildman–Crippen MR) is 77.6 cm³/mol. The highest BCUT2D eigenvalue weighted by molar-refractivity contribution is 7.10. The van der Waals surface area contributed by atoms with E-state index < -0.39 is 0 Å². The SMILES string of the molecule is CCOC(=O)CN(C)CC(=O)N1CCc2sccc2C1.